The van der Waals surface area contributed by atoms with E-state index in [1.807, 2.05) is 4.90 Å². The maximum absolute atomic E-state index is 12.3. The zero-order valence-electron chi connectivity index (χ0n) is 13.8. The summed E-state index contributed by atoms with van der Waals surface area (Å²) in [6.07, 6.45) is 5.43. The summed E-state index contributed by atoms with van der Waals surface area (Å²) in [6.45, 7) is 3.21. The average Bonchev–Trinajstić information content (AvgIpc) is 2.69. The monoisotopic (exact) mass is 337 g/mol. The number of nitrogens with one attached hydrogen (secondary N) is 1. The summed E-state index contributed by atoms with van der Waals surface area (Å²) in [4.78, 5) is 28.9. The number of nitrogens with zero attached hydrogens (tertiary/aromatic N) is 6. The molecule has 0 bridgehead atoms. The Morgan fingerprint density at radius 2 is 1.84 bits per heavy atom. The zero-order chi connectivity index (χ0) is 17.5. The van der Waals surface area contributed by atoms with E-state index in [0.717, 1.165) is 13.1 Å². The molecular formula is C17H19N7O. The van der Waals surface area contributed by atoms with Gasteiger partial charge in [-0.05, 0) is 18.2 Å². The van der Waals surface area contributed by atoms with E-state index in [4.69, 9.17) is 5.26 Å². The Labute approximate surface area is 146 Å². The lowest BCUT2D eigenvalue weighted by molar-refractivity contribution is -0.131. The van der Waals surface area contributed by atoms with Gasteiger partial charge >= 0.3 is 0 Å². The van der Waals surface area contributed by atoms with Crippen molar-refractivity contribution in [3.05, 3.63) is 42.4 Å². The Kier molecular flexibility index (Phi) is 5.36. The Bertz CT molecular complexity index is 751. The second-order valence-corrected chi connectivity index (χ2v) is 5.60. The number of carbonyl (C=O) groups excluding carboxylic acids is 1. The third kappa shape index (κ3) is 4.20. The third-order valence-electron chi connectivity index (χ3n) is 4.03. The highest BCUT2D eigenvalue weighted by atomic mass is 16.2. The molecule has 1 saturated heterocycles. The van der Waals surface area contributed by atoms with Crippen molar-refractivity contribution in [3.63, 3.8) is 0 Å². The normalized spacial score (nSPS) is 14.0. The average molecular weight is 337 g/mol. The van der Waals surface area contributed by atoms with Gasteiger partial charge in [-0.2, -0.15) is 5.26 Å². The highest BCUT2D eigenvalue weighted by Gasteiger charge is 2.22. The van der Waals surface area contributed by atoms with Crippen LogP contribution in [0, 0.1) is 11.3 Å². The molecule has 1 amide bonds. The van der Waals surface area contributed by atoms with Gasteiger partial charge in [-0.3, -0.25) is 4.79 Å². The lowest BCUT2D eigenvalue weighted by Gasteiger charge is -2.34. The summed E-state index contributed by atoms with van der Waals surface area (Å²) in [5.74, 6) is 1.31. The molecule has 0 saturated carbocycles. The van der Waals surface area contributed by atoms with E-state index in [9.17, 15) is 4.79 Å². The van der Waals surface area contributed by atoms with E-state index < -0.39 is 0 Å². The van der Waals surface area contributed by atoms with Gasteiger partial charge in [0, 0.05) is 57.7 Å². The van der Waals surface area contributed by atoms with E-state index in [1.54, 1.807) is 36.8 Å². The molecule has 0 aliphatic carbocycles. The van der Waals surface area contributed by atoms with Crippen molar-refractivity contribution in [1.82, 2.24) is 19.9 Å². The number of carbonyl (C=O) groups is 1. The molecule has 0 aromatic carbocycles. The molecule has 2 aromatic rings. The van der Waals surface area contributed by atoms with Crippen LogP contribution in [-0.2, 0) is 4.79 Å². The first-order valence-corrected chi connectivity index (χ1v) is 8.16. The Morgan fingerprint density at radius 3 is 2.56 bits per heavy atom. The van der Waals surface area contributed by atoms with Crippen molar-refractivity contribution in [3.8, 4) is 6.07 Å². The Balaban J connectivity index is 1.45. The van der Waals surface area contributed by atoms with Crippen molar-refractivity contribution in [2.45, 2.75) is 6.42 Å². The second-order valence-electron chi connectivity index (χ2n) is 5.60. The van der Waals surface area contributed by atoms with Crippen molar-refractivity contribution < 1.29 is 4.79 Å². The number of nitriles is 1. The summed E-state index contributed by atoms with van der Waals surface area (Å²) >= 11 is 0. The molecule has 128 valence electrons. The van der Waals surface area contributed by atoms with E-state index in [0.29, 0.717) is 43.4 Å². The van der Waals surface area contributed by atoms with Gasteiger partial charge in [0.05, 0.1) is 5.56 Å². The maximum atomic E-state index is 12.3. The number of rotatable bonds is 5. The van der Waals surface area contributed by atoms with Gasteiger partial charge in [-0.15, -0.1) is 0 Å². The quantitative estimate of drug-likeness (QED) is 0.865. The Hall–Kier alpha value is -3.21. The number of hydrogen-bond donors (Lipinski definition) is 1. The van der Waals surface area contributed by atoms with Crippen LogP contribution in [0.5, 0.6) is 0 Å². The Morgan fingerprint density at radius 1 is 1.12 bits per heavy atom. The maximum Gasteiger partial charge on any atom is 0.225 e. The number of pyridine rings is 1. The molecule has 3 rings (SSSR count). The van der Waals surface area contributed by atoms with Crippen LogP contribution in [0.3, 0.4) is 0 Å². The lowest BCUT2D eigenvalue weighted by atomic mass is 10.2. The number of piperazine rings is 1. The van der Waals surface area contributed by atoms with Gasteiger partial charge in [0.15, 0.2) is 0 Å². The molecule has 1 aliphatic heterocycles. The van der Waals surface area contributed by atoms with Gasteiger partial charge < -0.3 is 15.1 Å². The molecule has 8 heteroatoms. The van der Waals surface area contributed by atoms with Crippen LogP contribution in [-0.4, -0.2) is 58.5 Å². The first kappa shape index (κ1) is 16.6. The number of anilines is 2. The fourth-order valence-corrected chi connectivity index (χ4v) is 2.69. The largest absolute Gasteiger partial charge is 0.368 e. The van der Waals surface area contributed by atoms with Crippen molar-refractivity contribution in [1.29, 1.82) is 5.26 Å². The molecule has 3 heterocycles. The number of amides is 1. The molecule has 0 atom stereocenters. The molecule has 0 unspecified atom stereocenters. The summed E-state index contributed by atoms with van der Waals surface area (Å²) in [5, 5.41) is 12.1. The second kappa shape index (κ2) is 8.06. The van der Waals surface area contributed by atoms with Crippen LogP contribution in [0.25, 0.3) is 0 Å². The van der Waals surface area contributed by atoms with Crippen molar-refractivity contribution >= 4 is 17.7 Å². The molecule has 1 aliphatic rings. The zero-order valence-corrected chi connectivity index (χ0v) is 13.8. The summed E-state index contributed by atoms with van der Waals surface area (Å²) < 4.78 is 0. The summed E-state index contributed by atoms with van der Waals surface area (Å²) in [7, 11) is 0. The van der Waals surface area contributed by atoms with Crippen molar-refractivity contribution in [2.24, 2.45) is 0 Å². The molecule has 8 nitrogen and oxygen atoms in total. The predicted octanol–water partition coefficient (Wildman–Crippen LogP) is 0.894. The van der Waals surface area contributed by atoms with Gasteiger partial charge in [0.2, 0.25) is 11.9 Å². The fourth-order valence-electron chi connectivity index (χ4n) is 2.69. The highest BCUT2D eigenvalue weighted by Crippen LogP contribution is 2.12. The third-order valence-corrected chi connectivity index (χ3v) is 4.03. The highest BCUT2D eigenvalue weighted by molar-refractivity contribution is 5.77. The molecule has 25 heavy (non-hydrogen) atoms. The van der Waals surface area contributed by atoms with Gasteiger partial charge in [0.25, 0.3) is 0 Å². The van der Waals surface area contributed by atoms with Crippen LogP contribution >= 0.6 is 0 Å². The molecule has 0 radical (unpaired) electrons. The van der Waals surface area contributed by atoms with Crippen LogP contribution in [0.1, 0.15) is 12.0 Å². The van der Waals surface area contributed by atoms with Gasteiger partial charge in [-0.25, -0.2) is 15.0 Å². The SMILES string of the molecule is N#Cc1cccnc1NCCC(=O)N1CCN(c2ncccn2)CC1. The minimum atomic E-state index is 0.0931. The molecule has 0 spiro atoms. The van der Waals surface area contributed by atoms with Gasteiger partial charge in [-0.1, -0.05) is 0 Å². The van der Waals surface area contributed by atoms with E-state index in [1.165, 1.54) is 0 Å². The summed E-state index contributed by atoms with van der Waals surface area (Å²) in [6, 6.07) is 7.28. The molecule has 1 N–H and O–H groups in total. The first-order chi connectivity index (χ1) is 12.3. The van der Waals surface area contributed by atoms with Crippen LogP contribution in [0.4, 0.5) is 11.8 Å². The van der Waals surface area contributed by atoms with E-state index in [2.05, 4.69) is 31.2 Å². The lowest BCUT2D eigenvalue weighted by Crippen LogP contribution is -2.49. The number of hydrogen-bond acceptors (Lipinski definition) is 7. The fraction of sp³-hybridized carbons (Fsp3) is 0.353. The molecule has 1 fully saturated rings. The minimum Gasteiger partial charge on any atom is -0.368 e. The first-order valence-electron chi connectivity index (χ1n) is 8.16. The van der Waals surface area contributed by atoms with Crippen LogP contribution in [0.2, 0.25) is 0 Å². The topological polar surface area (TPSA) is 98.0 Å². The minimum absolute atomic E-state index is 0.0931. The number of aromatic nitrogens is 3. The van der Waals surface area contributed by atoms with Crippen LogP contribution in [0.15, 0.2) is 36.8 Å². The molecule has 2 aromatic heterocycles. The smallest absolute Gasteiger partial charge is 0.225 e. The van der Waals surface area contributed by atoms with Crippen molar-refractivity contribution in [2.75, 3.05) is 42.9 Å². The van der Waals surface area contributed by atoms with Gasteiger partial charge in [0.1, 0.15) is 11.9 Å². The van der Waals surface area contributed by atoms with E-state index in [-0.39, 0.29) is 5.91 Å². The summed E-state index contributed by atoms with van der Waals surface area (Å²) in [5.41, 5.74) is 0.478. The standard InChI is InChI=1S/C17H19N7O/c18-13-14-3-1-5-19-16(14)20-8-4-15(25)23-9-11-24(12-10-23)17-21-6-2-7-22-17/h1-3,5-7H,4,8-12H2,(H,19,20). The van der Waals surface area contributed by atoms with E-state index >= 15 is 0 Å². The predicted molar refractivity (Wildman–Crippen MR) is 92.9 cm³/mol. The molecular weight excluding hydrogens is 318 g/mol. The van der Waals surface area contributed by atoms with Crippen LogP contribution < -0.4 is 10.2 Å².